The quantitative estimate of drug-likeness (QED) is 0.773. The first-order valence-electron chi connectivity index (χ1n) is 3.46. The Morgan fingerprint density at radius 2 is 1.14 bits per heavy atom. The summed E-state index contributed by atoms with van der Waals surface area (Å²) in [6, 6.07) is 3.27. The van der Waals surface area contributed by atoms with Gasteiger partial charge in [0.25, 0.3) is 0 Å². The lowest BCUT2D eigenvalue weighted by molar-refractivity contribution is 0.407. The van der Waals surface area contributed by atoms with Crippen molar-refractivity contribution in [2.24, 2.45) is 0 Å². The summed E-state index contributed by atoms with van der Waals surface area (Å²) in [7, 11) is 3.08. The number of methoxy groups -OCH3 is 2. The molecule has 6 heteroatoms. The number of anilines is 2. The van der Waals surface area contributed by atoms with Crippen LogP contribution in [-0.2, 0) is 0 Å². The Morgan fingerprint density at radius 1 is 0.857 bits per heavy atom. The van der Waals surface area contributed by atoms with Gasteiger partial charge in [0.1, 0.15) is 11.5 Å². The van der Waals surface area contributed by atoms with Crippen molar-refractivity contribution >= 4 is 36.2 Å². The Kier molecular flexibility index (Phi) is 7.13. The van der Waals surface area contributed by atoms with Crippen molar-refractivity contribution in [1.82, 2.24) is 0 Å². The van der Waals surface area contributed by atoms with Crippen LogP contribution in [0.25, 0.3) is 0 Å². The lowest BCUT2D eigenvalue weighted by Gasteiger charge is -2.08. The van der Waals surface area contributed by atoms with Crippen LogP contribution >= 0.6 is 24.8 Å². The topological polar surface area (TPSA) is 70.5 Å². The fourth-order valence-corrected chi connectivity index (χ4v) is 0.945. The van der Waals surface area contributed by atoms with E-state index in [0.29, 0.717) is 22.9 Å². The third kappa shape index (κ3) is 3.05. The number of benzene rings is 1. The van der Waals surface area contributed by atoms with E-state index in [9.17, 15) is 0 Å². The number of hydrogen-bond donors (Lipinski definition) is 2. The molecule has 82 valence electrons. The molecule has 1 aromatic rings. The maximum Gasteiger partial charge on any atom is 0.144 e. The van der Waals surface area contributed by atoms with Crippen molar-refractivity contribution in [3.8, 4) is 11.5 Å². The summed E-state index contributed by atoms with van der Waals surface area (Å²) in [5, 5.41) is 0. The van der Waals surface area contributed by atoms with Gasteiger partial charge in [0.15, 0.2) is 0 Å². The minimum absolute atomic E-state index is 0. The summed E-state index contributed by atoms with van der Waals surface area (Å²) in [6.45, 7) is 0. The molecule has 0 heterocycles. The zero-order valence-corrected chi connectivity index (χ0v) is 9.58. The lowest BCUT2D eigenvalue weighted by Crippen LogP contribution is -1.97. The van der Waals surface area contributed by atoms with Crippen LogP contribution in [0.15, 0.2) is 12.1 Å². The molecule has 0 amide bonds. The van der Waals surface area contributed by atoms with Crippen LogP contribution < -0.4 is 20.9 Å². The van der Waals surface area contributed by atoms with Crippen LogP contribution in [0.2, 0.25) is 0 Å². The Hall–Kier alpha value is -1.000. The van der Waals surface area contributed by atoms with Crippen molar-refractivity contribution in [2.75, 3.05) is 25.7 Å². The van der Waals surface area contributed by atoms with Gasteiger partial charge < -0.3 is 20.9 Å². The summed E-state index contributed by atoms with van der Waals surface area (Å²) >= 11 is 0. The molecule has 0 aliphatic rings. The zero-order chi connectivity index (χ0) is 9.14. The second-order valence-electron chi connectivity index (χ2n) is 2.34. The van der Waals surface area contributed by atoms with Crippen LogP contribution in [-0.4, -0.2) is 14.2 Å². The van der Waals surface area contributed by atoms with Gasteiger partial charge in [-0.05, 0) is 0 Å². The molecule has 4 nitrogen and oxygen atoms in total. The van der Waals surface area contributed by atoms with Gasteiger partial charge in [0.05, 0.1) is 25.6 Å². The maximum atomic E-state index is 5.62. The van der Waals surface area contributed by atoms with Crippen molar-refractivity contribution < 1.29 is 9.47 Å². The average molecular weight is 241 g/mol. The molecular weight excluding hydrogens is 227 g/mol. The van der Waals surface area contributed by atoms with Gasteiger partial charge in [-0.15, -0.1) is 24.8 Å². The van der Waals surface area contributed by atoms with Crippen molar-refractivity contribution in [3.05, 3.63) is 12.1 Å². The number of nitrogens with two attached hydrogens (primary N) is 2. The van der Waals surface area contributed by atoms with Gasteiger partial charge >= 0.3 is 0 Å². The molecule has 0 saturated carbocycles. The summed E-state index contributed by atoms with van der Waals surface area (Å²) in [6.07, 6.45) is 0. The highest BCUT2D eigenvalue weighted by Gasteiger charge is 2.05. The van der Waals surface area contributed by atoms with E-state index >= 15 is 0 Å². The Bertz CT molecular complexity index is 265. The molecule has 0 aliphatic carbocycles. The minimum atomic E-state index is 0. The number of halogens is 2. The monoisotopic (exact) mass is 240 g/mol. The molecule has 0 saturated heterocycles. The van der Waals surface area contributed by atoms with Gasteiger partial charge in [0, 0.05) is 12.1 Å². The predicted octanol–water partition coefficient (Wildman–Crippen LogP) is 1.71. The van der Waals surface area contributed by atoms with E-state index < -0.39 is 0 Å². The van der Waals surface area contributed by atoms with Gasteiger partial charge in [-0.2, -0.15) is 0 Å². The summed E-state index contributed by atoms with van der Waals surface area (Å²) in [5.74, 6) is 1.13. The molecule has 4 N–H and O–H groups in total. The SMILES string of the molecule is COc1cc(N)c(OC)cc1N.Cl.Cl. The van der Waals surface area contributed by atoms with Crippen LogP contribution in [0.3, 0.4) is 0 Å². The molecular formula is C8H14Cl2N2O2. The first-order chi connectivity index (χ1) is 5.69. The molecule has 14 heavy (non-hydrogen) atoms. The Morgan fingerprint density at radius 3 is 1.36 bits per heavy atom. The molecule has 0 spiro atoms. The molecule has 1 aromatic carbocycles. The normalized spacial score (nSPS) is 8.14. The fraction of sp³-hybridized carbons (Fsp3) is 0.250. The van der Waals surface area contributed by atoms with Gasteiger partial charge in [0.2, 0.25) is 0 Å². The van der Waals surface area contributed by atoms with E-state index in [0.717, 1.165) is 0 Å². The average Bonchev–Trinajstić information content (AvgIpc) is 2.08. The largest absolute Gasteiger partial charge is 0.495 e. The van der Waals surface area contributed by atoms with Crippen molar-refractivity contribution in [3.63, 3.8) is 0 Å². The van der Waals surface area contributed by atoms with Crippen molar-refractivity contribution in [1.29, 1.82) is 0 Å². The predicted molar refractivity (Wildman–Crippen MR) is 62.9 cm³/mol. The highest BCUT2D eigenvalue weighted by Crippen LogP contribution is 2.31. The fourth-order valence-electron chi connectivity index (χ4n) is 0.945. The number of rotatable bonds is 2. The van der Waals surface area contributed by atoms with Crippen LogP contribution in [0.1, 0.15) is 0 Å². The summed E-state index contributed by atoms with van der Waals surface area (Å²) < 4.78 is 9.93. The van der Waals surface area contributed by atoms with Gasteiger partial charge in [-0.25, -0.2) is 0 Å². The van der Waals surface area contributed by atoms with Crippen LogP contribution in [0.5, 0.6) is 11.5 Å². The second kappa shape index (κ2) is 6.45. The molecule has 0 atom stereocenters. The van der Waals surface area contributed by atoms with E-state index in [4.69, 9.17) is 20.9 Å². The number of hydrogen-bond acceptors (Lipinski definition) is 4. The maximum absolute atomic E-state index is 5.62. The molecule has 1 rings (SSSR count). The minimum Gasteiger partial charge on any atom is -0.495 e. The smallest absolute Gasteiger partial charge is 0.144 e. The first-order valence-corrected chi connectivity index (χ1v) is 3.46. The molecule has 0 fully saturated rings. The van der Waals surface area contributed by atoms with Gasteiger partial charge in [-0.1, -0.05) is 0 Å². The number of nitrogen functional groups attached to an aromatic ring is 2. The van der Waals surface area contributed by atoms with Crippen LogP contribution in [0, 0.1) is 0 Å². The molecule has 0 aliphatic heterocycles. The highest BCUT2D eigenvalue weighted by molar-refractivity contribution is 5.85. The third-order valence-electron chi connectivity index (χ3n) is 1.58. The first kappa shape index (κ1) is 15.5. The molecule has 0 radical (unpaired) electrons. The third-order valence-corrected chi connectivity index (χ3v) is 1.58. The van der Waals surface area contributed by atoms with E-state index in [1.54, 1.807) is 12.1 Å². The molecule has 0 unspecified atom stereocenters. The summed E-state index contributed by atoms with van der Waals surface area (Å²) in [5.41, 5.74) is 12.3. The van der Waals surface area contributed by atoms with Crippen LogP contribution in [0.4, 0.5) is 11.4 Å². The van der Waals surface area contributed by atoms with E-state index in [1.807, 2.05) is 0 Å². The molecule has 0 aromatic heterocycles. The lowest BCUT2D eigenvalue weighted by atomic mass is 10.2. The van der Waals surface area contributed by atoms with E-state index in [2.05, 4.69) is 0 Å². The highest BCUT2D eigenvalue weighted by atomic mass is 35.5. The second-order valence-corrected chi connectivity index (χ2v) is 2.34. The van der Waals surface area contributed by atoms with Gasteiger partial charge in [-0.3, -0.25) is 0 Å². The Labute approximate surface area is 95.4 Å². The number of ether oxygens (including phenoxy) is 2. The Balaban J connectivity index is 0. The zero-order valence-electron chi connectivity index (χ0n) is 7.94. The van der Waals surface area contributed by atoms with E-state index in [-0.39, 0.29) is 24.8 Å². The molecule has 0 bridgehead atoms. The standard InChI is InChI=1S/C8H12N2O2.2ClH/c1-11-7-3-6(10)8(12-2)4-5(7)9;;/h3-4H,9-10H2,1-2H3;2*1H. The van der Waals surface area contributed by atoms with Crippen molar-refractivity contribution in [2.45, 2.75) is 0 Å². The van der Waals surface area contributed by atoms with E-state index in [1.165, 1.54) is 14.2 Å². The summed E-state index contributed by atoms with van der Waals surface area (Å²) in [4.78, 5) is 0.